The van der Waals surface area contributed by atoms with Crippen LogP contribution >= 0.6 is 11.6 Å². The predicted molar refractivity (Wildman–Crippen MR) is 155 cm³/mol. The summed E-state index contributed by atoms with van der Waals surface area (Å²) in [5.41, 5.74) is 7.41. The lowest BCUT2D eigenvalue weighted by Crippen LogP contribution is -2.50. The smallest absolute Gasteiger partial charge is 0.259 e. The molecule has 1 saturated heterocycles. The Labute approximate surface area is 242 Å². The van der Waals surface area contributed by atoms with Crippen molar-refractivity contribution in [3.8, 4) is 5.69 Å². The summed E-state index contributed by atoms with van der Waals surface area (Å²) in [6.07, 6.45) is 2.83. The molecule has 1 atom stereocenters. The van der Waals surface area contributed by atoms with E-state index in [1.54, 1.807) is 12.0 Å². The Kier molecular flexibility index (Phi) is 10.8. The molecule has 3 N–H and O–H groups in total. The molecule has 13 heteroatoms. The van der Waals surface area contributed by atoms with E-state index < -0.39 is 11.4 Å². The molecule has 0 aliphatic carbocycles. The summed E-state index contributed by atoms with van der Waals surface area (Å²) in [7, 11) is 5.08. The average molecular weight is 589 g/mol. The first-order valence-electron chi connectivity index (χ1n) is 12.7. The number of benzene rings is 2. The van der Waals surface area contributed by atoms with Crippen molar-refractivity contribution >= 4 is 47.9 Å². The quantitative estimate of drug-likeness (QED) is 0.344. The highest BCUT2D eigenvalue weighted by Gasteiger charge is 2.43. The monoisotopic (exact) mass is 588 g/mol. The third-order valence-corrected chi connectivity index (χ3v) is 7.39. The van der Waals surface area contributed by atoms with Gasteiger partial charge in [-0.3, -0.25) is 9.59 Å². The molecular formula is C28H34ClFN6O5. The van der Waals surface area contributed by atoms with Gasteiger partial charge in [0.05, 0.1) is 30.1 Å². The van der Waals surface area contributed by atoms with E-state index in [1.165, 1.54) is 30.1 Å². The fourth-order valence-electron chi connectivity index (χ4n) is 4.95. The van der Waals surface area contributed by atoms with Gasteiger partial charge in [-0.1, -0.05) is 11.6 Å². The van der Waals surface area contributed by atoms with Gasteiger partial charge >= 0.3 is 0 Å². The number of methoxy groups -OCH3 is 2. The molecule has 4 rings (SSSR count). The summed E-state index contributed by atoms with van der Waals surface area (Å²) >= 11 is 6.09. The zero-order chi connectivity index (χ0) is 30.2. The van der Waals surface area contributed by atoms with Crippen molar-refractivity contribution in [2.75, 3.05) is 63.5 Å². The van der Waals surface area contributed by atoms with Gasteiger partial charge in [0.25, 0.3) is 5.91 Å². The van der Waals surface area contributed by atoms with Crippen LogP contribution < -0.4 is 16.0 Å². The summed E-state index contributed by atoms with van der Waals surface area (Å²) in [4.78, 5) is 36.5. The molecule has 0 radical (unpaired) electrons. The number of carbonyl (C=O) groups excluding carboxylic acids is 3. The van der Waals surface area contributed by atoms with E-state index in [2.05, 4.69) is 15.3 Å². The number of amides is 2. The van der Waals surface area contributed by atoms with E-state index in [1.807, 2.05) is 38.1 Å². The van der Waals surface area contributed by atoms with Crippen LogP contribution in [-0.2, 0) is 24.7 Å². The van der Waals surface area contributed by atoms with Crippen molar-refractivity contribution in [2.45, 2.75) is 18.4 Å². The van der Waals surface area contributed by atoms with E-state index in [0.717, 1.165) is 12.2 Å². The molecule has 2 amide bonds. The highest BCUT2D eigenvalue weighted by Crippen LogP contribution is 2.42. The molecule has 1 aliphatic rings. The number of halogens is 2. The Bertz CT molecular complexity index is 1350. The number of carbonyl (C=O) groups is 3. The number of rotatable bonds is 10. The van der Waals surface area contributed by atoms with Gasteiger partial charge in [-0.2, -0.15) is 5.10 Å². The van der Waals surface area contributed by atoms with Crippen LogP contribution in [0.2, 0.25) is 5.02 Å². The number of hydrogen-bond donors (Lipinski definition) is 2. The molecule has 0 bridgehead atoms. The number of likely N-dealkylation sites (N-methyl/N-ethyl adjacent to an activating group) is 1. The van der Waals surface area contributed by atoms with Crippen molar-refractivity contribution in [3.63, 3.8) is 0 Å². The first kappa shape index (κ1) is 31.5. The lowest BCUT2D eigenvalue weighted by molar-refractivity contribution is -0.105. The van der Waals surface area contributed by atoms with Gasteiger partial charge in [0, 0.05) is 51.3 Å². The lowest BCUT2D eigenvalue weighted by Gasteiger charge is -2.43. The first-order valence-corrected chi connectivity index (χ1v) is 13.1. The number of aromatic nitrogens is 2. The second-order valence-corrected chi connectivity index (χ2v) is 9.77. The highest BCUT2D eigenvalue weighted by atomic mass is 35.5. The van der Waals surface area contributed by atoms with Crippen molar-refractivity contribution < 1.29 is 28.2 Å². The fraction of sp³-hybridized carbons (Fsp3) is 0.357. The van der Waals surface area contributed by atoms with E-state index in [0.29, 0.717) is 38.1 Å². The number of anilines is 3. The summed E-state index contributed by atoms with van der Waals surface area (Å²) in [6, 6.07) is 10.5. The van der Waals surface area contributed by atoms with E-state index in [4.69, 9.17) is 31.6 Å². The van der Waals surface area contributed by atoms with E-state index >= 15 is 4.39 Å². The van der Waals surface area contributed by atoms with Gasteiger partial charge in [0.15, 0.2) is 0 Å². The molecule has 1 fully saturated rings. The Morgan fingerprint density at radius 1 is 1.27 bits per heavy atom. The second kappa shape index (κ2) is 14.1. The molecule has 220 valence electrons. The van der Waals surface area contributed by atoms with Gasteiger partial charge < -0.3 is 35.1 Å². The van der Waals surface area contributed by atoms with Crippen molar-refractivity contribution in [3.05, 3.63) is 64.6 Å². The topological polar surface area (TPSA) is 132 Å². The fourth-order valence-corrected chi connectivity index (χ4v) is 5.11. The molecule has 3 aromatic rings. The van der Waals surface area contributed by atoms with Crippen LogP contribution in [0.15, 0.2) is 42.6 Å². The number of nitrogens with two attached hydrogens (primary N) is 1. The predicted octanol–water partition coefficient (Wildman–Crippen LogP) is 3.49. The number of hydrogen-bond acceptors (Lipinski definition) is 8. The third kappa shape index (κ3) is 6.50. The first-order chi connectivity index (χ1) is 19.8. The van der Waals surface area contributed by atoms with Gasteiger partial charge in [0.1, 0.15) is 29.6 Å². The zero-order valence-corrected chi connectivity index (χ0v) is 24.0. The average Bonchev–Trinajstić information content (AvgIpc) is 3.39. The minimum atomic E-state index is -1.23. The standard InChI is InChI=1S/C27H32ClFN6O4.CH2O/c1-33(13-14-38-2)18-5-7-19(8-6-18)35-25(30)20(15-32-35)26(37)34-12-4-11-27(16-34,39-3)23-22(31-17-36)10-9-21(28)24(23)29;1-2/h5-10,15,17H,4,11-14,16,30H2,1-3H3,(H,31,36);1H2/t27-;/m0./s1. The van der Waals surface area contributed by atoms with Crippen LogP contribution in [0.25, 0.3) is 5.69 Å². The van der Waals surface area contributed by atoms with Crippen molar-refractivity contribution in [2.24, 2.45) is 0 Å². The minimum absolute atomic E-state index is 0.0280. The normalized spacial score (nSPS) is 16.5. The molecule has 11 nitrogen and oxygen atoms in total. The third-order valence-electron chi connectivity index (χ3n) is 7.10. The molecule has 0 unspecified atom stereocenters. The summed E-state index contributed by atoms with van der Waals surface area (Å²) in [5, 5.41) is 6.77. The number of nitrogens with one attached hydrogen (secondary N) is 1. The van der Waals surface area contributed by atoms with Crippen LogP contribution in [-0.4, -0.2) is 81.3 Å². The van der Waals surface area contributed by atoms with Gasteiger partial charge in [0.2, 0.25) is 6.41 Å². The number of nitrogen functional groups attached to an aromatic ring is 1. The Morgan fingerprint density at radius 2 is 1.98 bits per heavy atom. The van der Waals surface area contributed by atoms with Crippen LogP contribution in [0.1, 0.15) is 28.8 Å². The molecule has 1 aliphatic heterocycles. The summed E-state index contributed by atoms with van der Waals surface area (Å²) in [5.74, 6) is -0.877. The van der Waals surface area contributed by atoms with Crippen molar-refractivity contribution in [1.29, 1.82) is 0 Å². The maximum absolute atomic E-state index is 15.3. The SMILES string of the molecule is C=O.COCCN(C)c1ccc(-n2ncc(C(=O)N3CCC[C@@](OC)(c4c(NC=O)ccc(Cl)c4F)C3)c2N)cc1. The van der Waals surface area contributed by atoms with Gasteiger partial charge in [-0.15, -0.1) is 0 Å². The Hall–Kier alpha value is -4.00. The molecule has 2 heterocycles. The number of piperidine rings is 1. The van der Waals surface area contributed by atoms with Gasteiger partial charge in [-0.25, -0.2) is 9.07 Å². The molecule has 1 aromatic heterocycles. The van der Waals surface area contributed by atoms with Crippen LogP contribution in [0.5, 0.6) is 0 Å². The largest absolute Gasteiger partial charge is 0.383 e. The molecular weight excluding hydrogens is 555 g/mol. The number of nitrogens with zero attached hydrogens (tertiary/aromatic N) is 4. The van der Waals surface area contributed by atoms with Crippen LogP contribution in [0.3, 0.4) is 0 Å². The minimum Gasteiger partial charge on any atom is -0.383 e. The second-order valence-electron chi connectivity index (χ2n) is 9.36. The van der Waals surface area contributed by atoms with Gasteiger partial charge in [-0.05, 0) is 49.2 Å². The summed E-state index contributed by atoms with van der Waals surface area (Å²) < 4.78 is 27.8. The Balaban J connectivity index is 0.00000226. The molecule has 0 spiro atoms. The molecule has 2 aromatic carbocycles. The highest BCUT2D eigenvalue weighted by molar-refractivity contribution is 6.31. The summed E-state index contributed by atoms with van der Waals surface area (Å²) in [6.45, 7) is 3.79. The van der Waals surface area contributed by atoms with Crippen LogP contribution in [0, 0.1) is 5.82 Å². The molecule has 0 saturated carbocycles. The zero-order valence-electron chi connectivity index (χ0n) is 23.2. The number of likely N-dealkylation sites (tertiary alicyclic amines) is 1. The van der Waals surface area contributed by atoms with Crippen molar-refractivity contribution in [1.82, 2.24) is 14.7 Å². The van der Waals surface area contributed by atoms with E-state index in [-0.39, 0.29) is 40.1 Å². The Morgan fingerprint density at radius 3 is 2.61 bits per heavy atom. The maximum atomic E-state index is 15.3. The lowest BCUT2D eigenvalue weighted by atomic mass is 9.83. The number of ether oxygens (including phenoxy) is 2. The van der Waals surface area contributed by atoms with E-state index in [9.17, 15) is 9.59 Å². The molecule has 41 heavy (non-hydrogen) atoms. The maximum Gasteiger partial charge on any atom is 0.259 e. The van der Waals surface area contributed by atoms with Crippen LogP contribution in [0.4, 0.5) is 21.6 Å².